The van der Waals surface area contributed by atoms with Crippen LogP contribution in [0.2, 0.25) is 0 Å². The molecule has 1 aliphatic carbocycles. The molecule has 1 unspecified atom stereocenters. The van der Waals surface area contributed by atoms with Crippen LogP contribution in [0.15, 0.2) is 24.3 Å². The summed E-state index contributed by atoms with van der Waals surface area (Å²) >= 11 is 0. The van der Waals surface area contributed by atoms with Gasteiger partial charge < -0.3 is 5.73 Å². The van der Waals surface area contributed by atoms with Crippen molar-refractivity contribution in [2.24, 2.45) is 11.7 Å². The highest BCUT2D eigenvalue weighted by atomic mass is 15.2. The number of nitrogens with two attached hydrogens (primary N) is 1. The summed E-state index contributed by atoms with van der Waals surface area (Å²) in [6.07, 6.45) is 8.18. The van der Waals surface area contributed by atoms with Crippen molar-refractivity contribution in [2.75, 3.05) is 19.6 Å². The number of nitrogens with zero attached hydrogens (tertiary/aromatic N) is 1. The van der Waals surface area contributed by atoms with Gasteiger partial charge in [-0.2, -0.15) is 0 Å². The van der Waals surface area contributed by atoms with E-state index in [0.717, 1.165) is 18.4 Å². The third kappa shape index (κ3) is 3.67. The molecule has 1 aromatic carbocycles. The van der Waals surface area contributed by atoms with Gasteiger partial charge in [-0.05, 0) is 61.7 Å². The van der Waals surface area contributed by atoms with Crippen molar-refractivity contribution < 1.29 is 0 Å². The van der Waals surface area contributed by atoms with Gasteiger partial charge in [0.2, 0.25) is 0 Å². The zero-order valence-corrected chi connectivity index (χ0v) is 13.4. The third-order valence-corrected chi connectivity index (χ3v) is 5.35. The Balaban J connectivity index is 1.66. The Morgan fingerprint density at radius 3 is 2.57 bits per heavy atom. The van der Waals surface area contributed by atoms with Crippen LogP contribution in [-0.2, 0) is 0 Å². The van der Waals surface area contributed by atoms with Crippen molar-refractivity contribution in [3.05, 3.63) is 35.4 Å². The Hall–Kier alpha value is -0.860. The topological polar surface area (TPSA) is 29.3 Å². The normalized spacial score (nSPS) is 22.4. The molecular weight excluding hydrogens is 256 g/mol. The van der Waals surface area contributed by atoms with E-state index in [1.165, 1.54) is 62.7 Å². The van der Waals surface area contributed by atoms with Crippen LogP contribution >= 0.6 is 0 Å². The molecule has 2 fully saturated rings. The fraction of sp³-hybridized carbons (Fsp3) is 0.684. The van der Waals surface area contributed by atoms with Gasteiger partial charge in [-0.3, -0.25) is 4.90 Å². The van der Waals surface area contributed by atoms with Crippen molar-refractivity contribution in [1.29, 1.82) is 0 Å². The van der Waals surface area contributed by atoms with E-state index in [1.807, 2.05) is 0 Å². The predicted molar refractivity (Wildman–Crippen MR) is 89.4 cm³/mol. The molecule has 0 bridgehead atoms. The van der Waals surface area contributed by atoms with Crippen LogP contribution in [0.25, 0.3) is 0 Å². The molecule has 1 atom stereocenters. The van der Waals surface area contributed by atoms with Crippen molar-refractivity contribution in [3.63, 3.8) is 0 Å². The summed E-state index contributed by atoms with van der Waals surface area (Å²) in [6, 6.07) is 9.65. The maximum absolute atomic E-state index is 6.13. The molecule has 2 N–H and O–H groups in total. The summed E-state index contributed by atoms with van der Waals surface area (Å²) in [5.74, 6) is 1.78. The highest BCUT2D eigenvalue weighted by Crippen LogP contribution is 2.41. The molecule has 1 heterocycles. The van der Waals surface area contributed by atoms with Crippen molar-refractivity contribution in [1.82, 2.24) is 4.90 Å². The average Bonchev–Trinajstić information content (AvgIpc) is 3.35. The SMILES string of the molecule is CCCC1CCN(C(CN)c2cccc(C3CC3)c2)CC1. The molecule has 0 amide bonds. The summed E-state index contributed by atoms with van der Waals surface area (Å²) in [7, 11) is 0. The molecule has 2 heteroatoms. The first-order chi connectivity index (χ1) is 10.3. The molecule has 1 aromatic rings. The van der Waals surface area contributed by atoms with Crippen molar-refractivity contribution in [3.8, 4) is 0 Å². The summed E-state index contributed by atoms with van der Waals surface area (Å²) in [6.45, 7) is 5.49. The fourth-order valence-electron chi connectivity index (χ4n) is 3.89. The number of hydrogen-bond donors (Lipinski definition) is 1. The molecule has 0 spiro atoms. The molecule has 3 rings (SSSR count). The average molecular weight is 286 g/mol. The Kier molecular flexibility index (Phi) is 4.97. The minimum absolute atomic E-state index is 0.422. The minimum Gasteiger partial charge on any atom is -0.329 e. The van der Waals surface area contributed by atoms with Gasteiger partial charge in [0, 0.05) is 12.6 Å². The van der Waals surface area contributed by atoms with E-state index >= 15 is 0 Å². The quantitative estimate of drug-likeness (QED) is 0.854. The highest BCUT2D eigenvalue weighted by molar-refractivity contribution is 5.31. The Bertz CT molecular complexity index is 445. The molecule has 2 nitrogen and oxygen atoms in total. The molecule has 2 aliphatic rings. The number of rotatable bonds is 6. The maximum Gasteiger partial charge on any atom is 0.0470 e. The van der Waals surface area contributed by atoms with Crippen LogP contribution in [0, 0.1) is 5.92 Å². The monoisotopic (exact) mass is 286 g/mol. The van der Waals surface area contributed by atoms with Crippen LogP contribution < -0.4 is 5.73 Å². The summed E-state index contributed by atoms with van der Waals surface area (Å²) in [4.78, 5) is 2.62. The zero-order chi connectivity index (χ0) is 14.7. The number of hydrogen-bond acceptors (Lipinski definition) is 2. The third-order valence-electron chi connectivity index (χ3n) is 5.35. The van der Waals surface area contributed by atoms with E-state index in [1.54, 1.807) is 0 Å². The van der Waals surface area contributed by atoms with E-state index in [0.29, 0.717) is 6.04 Å². The zero-order valence-electron chi connectivity index (χ0n) is 13.4. The lowest BCUT2D eigenvalue weighted by atomic mass is 9.90. The minimum atomic E-state index is 0.422. The van der Waals surface area contributed by atoms with Gasteiger partial charge in [-0.1, -0.05) is 44.0 Å². The molecule has 116 valence electrons. The van der Waals surface area contributed by atoms with Crippen LogP contribution in [0.5, 0.6) is 0 Å². The lowest BCUT2D eigenvalue weighted by molar-refractivity contribution is 0.131. The fourth-order valence-corrected chi connectivity index (χ4v) is 3.89. The second-order valence-corrected chi connectivity index (χ2v) is 6.96. The Morgan fingerprint density at radius 1 is 1.19 bits per heavy atom. The van der Waals surface area contributed by atoms with E-state index in [9.17, 15) is 0 Å². The molecule has 0 radical (unpaired) electrons. The highest BCUT2D eigenvalue weighted by Gasteiger charge is 2.27. The van der Waals surface area contributed by atoms with E-state index in [4.69, 9.17) is 5.73 Å². The predicted octanol–water partition coefficient (Wildman–Crippen LogP) is 4.08. The number of benzene rings is 1. The summed E-state index contributed by atoms with van der Waals surface area (Å²) in [5, 5.41) is 0. The van der Waals surface area contributed by atoms with Gasteiger partial charge in [-0.25, -0.2) is 0 Å². The van der Waals surface area contributed by atoms with E-state index in [-0.39, 0.29) is 0 Å². The molecule has 1 saturated carbocycles. The van der Waals surface area contributed by atoms with E-state index < -0.39 is 0 Å². The van der Waals surface area contributed by atoms with Crippen LogP contribution in [0.4, 0.5) is 0 Å². The van der Waals surface area contributed by atoms with Gasteiger partial charge in [-0.15, -0.1) is 0 Å². The number of piperidine rings is 1. The molecule has 21 heavy (non-hydrogen) atoms. The number of likely N-dealkylation sites (tertiary alicyclic amines) is 1. The smallest absolute Gasteiger partial charge is 0.0470 e. The first kappa shape index (κ1) is 15.1. The lowest BCUT2D eigenvalue weighted by Gasteiger charge is -2.37. The van der Waals surface area contributed by atoms with E-state index in [2.05, 4.69) is 36.1 Å². The van der Waals surface area contributed by atoms with Gasteiger partial charge in [0.05, 0.1) is 0 Å². The first-order valence-corrected chi connectivity index (χ1v) is 8.85. The van der Waals surface area contributed by atoms with Gasteiger partial charge in [0.25, 0.3) is 0 Å². The molecule has 1 saturated heterocycles. The second-order valence-electron chi connectivity index (χ2n) is 6.96. The van der Waals surface area contributed by atoms with Crippen molar-refractivity contribution >= 4 is 0 Å². The van der Waals surface area contributed by atoms with Crippen LogP contribution in [0.3, 0.4) is 0 Å². The maximum atomic E-state index is 6.13. The molecular formula is C19H30N2. The standard InChI is InChI=1S/C19H30N2/c1-2-4-15-9-11-21(12-10-15)19(14-20)18-6-3-5-17(13-18)16-7-8-16/h3,5-6,13,15-16,19H,2,4,7-12,14,20H2,1H3. The second kappa shape index (κ2) is 6.93. The van der Waals surface area contributed by atoms with Crippen molar-refractivity contribution in [2.45, 2.75) is 57.4 Å². The largest absolute Gasteiger partial charge is 0.329 e. The van der Waals surface area contributed by atoms with Gasteiger partial charge >= 0.3 is 0 Å². The molecule has 0 aromatic heterocycles. The van der Waals surface area contributed by atoms with Crippen LogP contribution in [-0.4, -0.2) is 24.5 Å². The van der Waals surface area contributed by atoms with Crippen LogP contribution in [0.1, 0.15) is 68.5 Å². The first-order valence-electron chi connectivity index (χ1n) is 8.85. The molecule has 1 aliphatic heterocycles. The van der Waals surface area contributed by atoms with Gasteiger partial charge in [0.1, 0.15) is 0 Å². The Labute approximate surface area is 129 Å². The summed E-state index contributed by atoms with van der Waals surface area (Å²) < 4.78 is 0. The lowest BCUT2D eigenvalue weighted by Crippen LogP contribution is -2.39. The van der Waals surface area contributed by atoms with Gasteiger partial charge in [0.15, 0.2) is 0 Å². The summed E-state index contributed by atoms with van der Waals surface area (Å²) in [5.41, 5.74) is 9.10. The Morgan fingerprint density at radius 2 is 1.95 bits per heavy atom.